The van der Waals surface area contributed by atoms with E-state index in [1.54, 1.807) is 0 Å². The first-order valence-electron chi connectivity index (χ1n) is 7.69. The van der Waals surface area contributed by atoms with Crippen LogP contribution in [0.2, 0.25) is 0 Å². The molecule has 1 N–H and O–H groups in total. The molecular weight excluding hydrogens is 314 g/mol. The zero-order valence-electron chi connectivity index (χ0n) is 13.0. The van der Waals surface area contributed by atoms with E-state index in [2.05, 4.69) is 48.1 Å². The lowest BCUT2D eigenvalue weighted by molar-refractivity contribution is 0.302. The average molecular weight is 342 g/mol. The van der Waals surface area contributed by atoms with Crippen molar-refractivity contribution in [3.8, 4) is 5.75 Å². The minimum absolute atomic E-state index is 0.747. The van der Waals surface area contributed by atoms with Crippen LogP contribution in [0, 0.1) is 12.8 Å². The Bertz CT molecular complexity index is 379. The molecule has 0 spiro atoms. The SMILES string of the molecule is Cc1ccc(Br)cc1OCCCCCCNCC(C)C. The van der Waals surface area contributed by atoms with Gasteiger partial charge in [0.25, 0.3) is 0 Å². The van der Waals surface area contributed by atoms with Gasteiger partial charge < -0.3 is 10.1 Å². The lowest BCUT2D eigenvalue weighted by atomic mass is 10.2. The zero-order chi connectivity index (χ0) is 14.8. The first-order chi connectivity index (χ1) is 9.59. The summed E-state index contributed by atoms with van der Waals surface area (Å²) in [5.41, 5.74) is 1.20. The van der Waals surface area contributed by atoms with Crippen LogP contribution in [-0.4, -0.2) is 19.7 Å². The van der Waals surface area contributed by atoms with E-state index in [1.807, 2.05) is 12.1 Å². The minimum atomic E-state index is 0.747. The van der Waals surface area contributed by atoms with Crippen LogP contribution in [0.5, 0.6) is 5.75 Å². The summed E-state index contributed by atoms with van der Waals surface area (Å²) in [5.74, 6) is 1.75. The molecule has 114 valence electrons. The van der Waals surface area contributed by atoms with Crippen LogP contribution >= 0.6 is 15.9 Å². The van der Waals surface area contributed by atoms with E-state index in [4.69, 9.17) is 4.74 Å². The van der Waals surface area contributed by atoms with Crippen molar-refractivity contribution >= 4 is 15.9 Å². The third kappa shape index (κ3) is 7.91. The minimum Gasteiger partial charge on any atom is -0.493 e. The molecule has 3 heteroatoms. The zero-order valence-corrected chi connectivity index (χ0v) is 14.6. The summed E-state index contributed by atoms with van der Waals surface area (Å²) >= 11 is 3.48. The molecule has 0 amide bonds. The van der Waals surface area contributed by atoms with Gasteiger partial charge in [-0.25, -0.2) is 0 Å². The first kappa shape index (κ1) is 17.5. The van der Waals surface area contributed by atoms with Gasteiger partial charge in [0.1, 0.15) is 5.75 Å². The van der Waals surface area contributed by atoms with Gasteiger partial charge in [0.05, 0.1) is 6.61 Å². The molecule has 1 aromatic rings. The van der Waals surface area contributed by atoms with Crippen molar-refractivity contribution in [2.24, 2.45) is 5.92 Å². The predicted octanol–water partition coefficient (Wildman–Crippen LogP) is 4.94. The van der Waals surface area contributed by atoms with Crippen LogP contribution in [0.15, 0.2) is 22.7 Å². The van der Waals surface area contributed by atoms with Gasteiger partial charge in [-0.1, -0.05) is 48.7 Å². The van der Waals surface area contributed by atoms with Gasteiger partial charge in [-0.3, -0.25) is 0 Å². The molecule has 0 bridgehead atoms. The molecule has 0 aliphatic rings. The Hall–Kier alpha value is -0.540. The lowest BCUT2D eigenvalue weighted by Crippen LogP contribution is -2.20. The monoisotopic (exact) mass is 341 g/mol. The normalized spacial score (nSPS) is 11.1. The van der Waals surface area contributed by atoms with Gasteiger partial charge in [-0.05, 0) is 56.5 Å². The van der Waals surface area contributed by atoms with E-state index in [0.29, 0.717) is 0 Å². The van der Waals surface area contributed by atoms with E-state index in [1.165, 1.54) is 24.8 Å². The maximum absolute atomic E-state index is 5.83. The van der Waals surface area contributed by atoms with E-state index in [9.17, 15) is 0 Å². The second-order valence-corrected chi connectivity index (χ2v) is 6.69. The summed E-state index contributed by atoms with van der Waals surface area (Å²) < 4.78 is 6.91. The topological polar surface area (TPSA) is 21.3 Å². The highest BCUT2D eigenvalue weighted by Gasteiger charge is 2.00. The molecule has 0 aromatic heterocycles. The molecule has 0 radical (unpaired) electrons. The van der Waals surface area contributed by atoms with Crippen LogP contribution in [0.25, 0.3) is 0 Å². The van der Waals surface area contributed by atoms with Crippen molar-refractivity contribution in [2.45, 2.75) is 46.5 Å². The van der Waals surface area contributed by atoms with E-state index >= 15 is 0 Å². The molecule has 20 heavy (non-hydrogen) atoms. The average Bonchev–Trinajstić information content (AvgIpc) is 2.40. The lowest BCUT2D eigenvalue weighted by Gasteiger charge is -2.10. The van der Waals surface area contributed by atoms with Gasteiger partial charge >= 0.3 is 0 Å². The van der Waals surface area contributed by atoms with Crippen molar-refractivity contribution in [2.75, 3.05) is 19.7 Å². The number of unbranched alkanes of at least 4 members (excludes halogenated alkanes) is 3. The Morgan fingerprint density at radius 2 is 1.90 bits per heavy atom. The van der Waals surface area contributed by atoms with Crippen molar-refractivity contribution in [3.63, 3.8) is 0 Å². The number of aryl methyl sites for hydroxylation is 1. The highest BCUT2D eigenvalue weighted by atomic mass is 79.9. The van der Waals surface area contributed by atoms with Gasteiger partial charge in [-0.15, -0.1) is 0 Å². The third-order valence-corrected chi connectivity index (χ3v) is 3.70. The Morgan fingerprint density at radius 3 is 2.65 bits per heavy atom. The van der Waals surface area contributed by atoms with Crippen molar-refractivity contribution in [1.82, 2.24) is 5.32 Å². The van der Waals surface area contributed by atoms with E-state index < -0.39 is 0 Å². The predicted molar refractivity (Wildman–Crippen MR) is 90.5 cm³/mol. The number of ether oxygens (including phenoxy) is 1. The molecule has 1 rings (SSSR count). The molecule has 0 aliphatic carbocycles. The Balaban J connectivity index is 2.01. The molecule has 0 unspecified atom stereocenters. The first-order valence-corrected chi connectivity index (χ1v) is 8.48. The van der Waals surface area contributed by atoms with Gasteiger partial charge in [0, 0.05) is 4.47 Å². The fourth-order valence-corrected chi connectivity index (χ4v) is 2.35. The van der Waals surface area contributed by atoms with Gasteiger partial charge in [0.2, 0.25) is 0 Å². The number of halogens is 1. The fraction of sp³-hybridized carbons (Fsp3) is 0.647. The Labute approximate surface area is 132 Å². The number of nitrogens with one attached hydrogen (secondary N) is 1. The summed E-state index contributed by atoms with van der Waals surface area (Å²) in [6.07, 6.45) is 4.93. The van der Waals surface area contributed by atoms with Crippen molar-refractivity contribution in [1.29, 1.82) is 0 Å². The van der Waals surface area contributed by atoms with Crippen LogP contribution in [0.3, 0.4) is 0 Å². The number of benzene rings is 1. The molecule has 0 saturated carbocycles. The second kappa shape index (κ2) is 10.2. The van der Waals surface area contributed by atoms with Gasteiger partial charge in [-0.2, -0.15) is 0 Å². The molecule has 0 atom stereocenters. The second-order valence-electron chi connectivity index (χ2n) is 5.77. The largest absolute Gasteiger partial charge is 0.493 e. The summed E-state index contributed by atoms with van der Waals surface area (Å²) in [7, 11) is 0. The fourth-order valence-electron chi connectivity index (χ4n) is 2.01. The van der Waals surface area contributed by atoms with Crippen LogP contribution in [0.4, 0.5) is 0 Å². The number of rotatable bonds is 10. The van der Waals surface area contributed by atoms with Gasteiger partial charge in [0.15, 0.2) is 0 Å². The summed E-state index contributed by atoms with van der Waals surface area (Å²) in [6, 6.07) is 6.18. The number of hydrogen-bond donors (Lipinski definition) is 1. The quantitative estimate of drug-likeness (QED) is 0.608. The maximum Gasteiger partial charge on any atom is 0.123 e. The molecule has 1 aromatic carbocycles. The third-order valence-electron chi connectivity index (χ3n) is 3.21. The van der Waals surface area contributed by atoms with Crippen LogP contribution < -0.4 is 10.1 Å². The summed E-state index contributed by atoms with van der Waals surface area (Å²) in [6.45, 7) is 9.66. The maximum atomic E-state index is 5.83. The summed E-state index contributed by atoms with van der Waals surface area (Å²) in [4.78, 5) is 0. The molecular formula is C17H28BrNO. The molecule has 0 aliphatic heterocycles. The van der Waals surface area contributed by atoms with E-state index in [-0.39, 0.29) is 0 Å². The highest BCUT2D eigenvalue weighted by Crippen LogP contribution is 2.23. The number of hydrogen-bond acceptors (Lipinski definition) is 2. The molecule has 0 fully saturated rings. The standard InChI is InChI=1S/C17H28BrNO/c1-14(2)13-19-10-6-4-5-7-11-20-17-12-16(18)9-8-15(17)3/h8-9,12,14,19H,4-7,10-11,13H2,1-3H3. The van der Waals surface area contributed by atoms with Crippen molar-refractivity contribution < 1.29 is 4.74 Å². The molecule has 0 saturated heterocycles. The molecule has 0 heterocycles. The Morgan fingerprint density at radius 1 is 1.15 bits per heavy atom. The smallest absolute Gasteiger partial charge is 0.123 e. The summed E-state index contributed by atoms with van der Waals surface area (Å²) in [5, 5.41) is 3.48. The van der Waals surface area contributed by atoms with E-state index in [0.717, 1.165) is 42.3 Å². The Kier molecular flexibility index (Phi) is 8.95. The van der Waals surface area contributed by atoms with Crippen LogP contribution in [0.1, 0.15) is 45.1 Å². The molecule has 2 nitrogen and oxygen atoms in total. The highest BCUT2D eigenvalue weighted by molar-refractivity contribution is 9.10. The van der Waals surface area contributed by atoms with Crippen LogP contribution in [-0.2, 0) is 0 Å². The van der Waals surface area contributed by atoms with Crippen molar-refractivity contribution in [3.05, 3.63) is 28.2 Å².